The molecule has 0 bridgehead atoms. The van der Waals surface area contributed by atoms with Crippen molar-refractivity contribution >= 4 is 12.2 Å². The Bertz CT molecular complexity index is 519. The van der Waals surface area contributed by atoms with E-state index < -0.39 is 0 Å². The van der Waals surface area contributed by atoms with E-state index in [2.05, 4.69) is 15.5 Å². The van der Waals surface area contributed by atoms with Gasteiger partial charge in [0.25, 0.3) is 0 Å². The number of nitrogens with one attached hydrogen (secondary N) is 1. The Morgan fingerprint density at radius 3 is 2.93 bits per heavy atom. The normalized spacial score (nSPS) is 12.7. The first-order chi connectivity index (χ1) is 7.18. The summed E-state index contributed by atoms with van der Waals surface area (Å²) < 4.78 is 14.9. The third-order valence-electron chi connectivity index (χ3n) is 2.21. The van der Waals surface area contributed by atoms with E-state index in [9.17, 15) is 4.39 Å². The first-order valence-corrected chi connectivity index (χ1v) is 4.84. The van der Waals surface area contributed by atoms with Gasteiger partial charge in [-0.3, -0.25) is 0 Å². The average Bonchev–Trinajstić information content (AvgIpc) is 2.63. The van der Waals surface area contributed by atoms with Gasteiger partial charge in [-0.1, -0.05) is 22.4 Å². The zero-order valence-electron chi connectivity index (χ0n) is 8.01. The number of hydrogen-bond acceptors (Lipinski definition) is 3. The van der Waals surface area contributed by atoms with Gasteiger partial charge in [-0.25, -0.2) is 9.07 Å². The van der Waals surface area contributed by atoms with Gasteiger partial charge < -0.3 is 0 Å². The first kappa shape index (κ1) is 9.97. The SMILES string of the molecule is CC(c1cccc(F)c1)n1[nH]nnc1=S. The maximum absolute atomic E-state index is 13.0. The molecule has 0 saturated heterocycles. The smallest absolute Gasteiger partial charge is 0.235 e. The molecule has 4 nitrogen and oxygen atoms in total. The Kier molecular flexibility index (Phi) is 2.59. The van der Waals surface area contributed by atoms with Gasteiger partial charge in [0, 0.05) is 0 Å². The Labute approximate surface area is 90.7 Å². The number of tetrazole rings is 1. The third kappa shape index (κ3) is 1.94. The van der Waals surface area contributed by atoms with E-state index in [0.29, 0.717) is 4.77 Å². The zero-order chi connectivity index (χ0) is 10.8. The number of rotatable bonds is 2. The van der Waals surface area contributed by atoms with E-state index >= 15 is 0 Å². The molecule has 0 aliphatic heterocycles. The molecule has 0 aliphatic rings. The summed E-state index contributed by atoms with van der Waals surface area (Å²) in [6, 6.07) is 6.25. The van der Waals surface area contributed by atoms with Crippen molar-refractivity contribution < 1.29 is 4.39 Å². The summed E-state index contributed by atoms with van der Waals surface area (Å²) in [5, 5.41) is 9.90. The Balaban J connectivity index is 2.41. The van der Waals surface area contributed by atoms with Gasteiger partial charge in [-0.2, -0.15) is 5.21 Å². The molecular weight excluding hydrogens is 215 g/mol. The van der Waals surface area contributed by atoms with Crippen molar-refractivity contribution in [2.75, 3.05) is 0 Å². The van der Waals surface area contributed by atoms with Crippen molar-refractivity contribution in [2.24, 2.45) is 0 Å². The van der Waals surface area contributed by atoms with Crippen molar-refractivity contribution in [3.05, 3.63) is 40.4 Å². The van der Waals surface area contributed by atoms with Crippen LogP contribution in [0.1, 0.15) is 18.5 Å². The molecule has 2 aromatic rings. The monoisotopic (exact) mass is 224 g/mol. The summed E-state index contributed by atoms with van der Waals surface area (Å²) in [7, 11) is 0. The van der Waals surface area contributed by atoms with Crippen molar-refractivity contribution in [3.8, 4) is 0 Å². The van der Waals surface area contributed by atoms with Crippen LogP contribution < -0.4 is 0 Å². The van der Waals surface area contributed by atoms with E-state index in [-0.39, 0.29) is 11.9 Å². The topological polar surface area (TPSA) is 46.5 Å². The molecular formula is C9H9FN4S. The predicted molar refractivity (Wildman–Crippen MR) is 55.4 cm³/mol. The van der Waals surface area contributed by atoms with Crippen molar-refractivity contribution in [1.29, 1.82) is 0 Å². The van der Waals surface area contributed by atoms with E-state index in [1.165, 1.54) is 12.1 Å². The molecule has 0 amide bonds. The number of H-pyrrole nitrogens is 1. The van der Waals surface area contributed by atoms with Gasteiger partial charge >= 0.3 is 0 Å². The van der Waals surface area contributed by atoms with Crippen LogP contribution in [0.4, 0.5) is 4.39 Å². The van der Waals surface area contributed by atoms with E-state index in [0.717, 1.165) is 5.56 Å². The van der Waals surface area contributed by atoms with Gasteiger partial charge in [0.2, 0.25) is 4.77 Å². The van der Waals surface area contributed by atoms with Gasteiger partial charge in [0.05, 0.1) is 6.04 Å². The van der Waals surface area contributed by atoms with Gasteiger partial charge in [-0.15, -0.1) is 0 Å². The zero-order valence-corrected chi connectivity index (χ0v) is 8.83. The number of hydrogen-bond donors (Lipinski definition) is 1. The number of halogens is 1. The molecule has 2 rings (SSSR count). The summed E-state index contributed by atoms with van der Waals surface area (Å²) in [6.07, 6.45) is 0. The van der Waals surface area contributed by atoms with Crippen molar-refractivity contribution in [1.82, 2.24) is 20.2 Å². The van der Waals surface area contributed by atoms with Crippen LogP contribution in [0.2, 0.25) is 0 Å². The lowest BCUT2D eigenvalue weighted by Gasteiger charge is -2.11. The van der Waals surface area contributed by atoms with Gasteiger partial charge in [-0.05, 0) is 36.8 Å². The molecule has 1 N–H and O–H groups in total. The number of benzene rings is 1. The second-order valence-corrected chi connectivity index (χ2v) is 3.55. The van der Waals surface area contributed by atoms with Crippen LogP contribution in [0.5, 0.6) is 0 Å². The summed E-state index contributed by atoms with van der Waals surface area (Å²) in [4.78, 5) is 0. The maximum Gasteiger partial charge on any atom is 0.238 e. The van der Waals surface area contributed by atoms with E-state index in [1.54, 1.807) is 10.7 Å². The molecule has 0 aliphatic carbocycles. The molecule has 78 valence electrons. The minimum absolute atomic E-state index is 0.108. The molecule has 0 radical (unpaired) electrons. The largest absolute Gasteiger partial charge is 0.238 e. The van der Waals surface area contributed by atoms with Crippen molar-refractivity contribution in [3.63, 3.8) is 0 Å². The first-order valence-electron chi connectivity index (χ1n) is 4.43. The number of aromatic nitrogens is 4. The number of aromatic amines is 1. The summed E-state index contributed by atoms with van der Waals surface area (Å²) >= 11 is 4.96. The fourth-order valence-corrected chi connectivity index (χ4v) is 1.61. The van der Waals surface area contributed by atoms with E-state index in [1.807, 2.05) is 13.0 Å². The molecule has 6 heteroatoms. The molecule has 1 aromatic carbocycles. The Hall–Kier alpha value is -1.56. The fraction of sp³-hybridized carbons (Fsp3) is 0.222. The third-order valence-corrected chi connectivity index (χ3v) is 2.49. The highest BCUT2D eigenvalue weighted by Gasteiger charge is 2.10. The lowest BCUT2D eigenvalue weighted by atomic mass is 10.1. The molecule has 1 unspecified atom stereocenters. The molecule has 0 saturated carbocycles. The second kappa shape index (κ2) is 3.90. The molecule has 15 heavy (non-hydrogen) atoms. The van der Waals surface area contributed by atoms with E-state index in [4.69, 9.17) is 12.2 Å². The summed E-state index contributed by atoms with van der Waals surface area (Å²) in [5.41, 5.74) is 0.817. The summed E-state index contributed by atoms with van der Waals surface area (Å²) in [6.45, 7) is 1.89. The van der Waals surface area contributed by atoms with Crippen LogP contribution in [0.15, 0.2) is 24.3 Å². The highest BCUT2D eigenvalue weighted by atomic mass is 32.1. The van der Waals surface area contributed by atoms with Crippen LogP contribution in [0.25, 0.3) is 0 Å². The highest BCUT2D eigenvalue weighted by Crippen LogP contribution is 2.17. The number of nitrogens with zero attached hydrogens (tertiary/aromatic N) is 3. The van der Waals surface area contributed by atoms with Crippen LogP contribution in [0, 0.1) is 10.6 Å². The standard InChI is InChI=1S/C9H9FN4S/c1-6(14-9(15)11-12-13-14)7-3-2-4-8(10)5-7/h2-6H,1H3,(H,11,13,15). The molecule has 0 spiro atoms. The fourth-order valence-electron chi connectivity index (χ4n) is 1.37. The van der Waals surface area contributed by atoms with Crippen LogP contribution in [0.3, 0.4) is 0 Å². The van der Waals surface area contributed by atoms with Crippen LogP contribution in [-0.4, -0.2) is 20.2 Å². The Morgan fingerprint density at radius 2 is 2.33 bits per heavy atom. The lowest BCUT2D eigenvalue weighted by molar-refractivity contribution is 0.532. The van der Waals surface area contributed by atoms with Crippen LogP contribution in [-0.2, 0) is 0 Å². The molecule has 1 atom stereocenters. The second-order valence-electron chi connectivity index (χ2n) is 3.18. The lowest BCUT2D eigenvalue weighted by Crippen LogP contribution is -2.09. The Morgan fingerprint density at radius 1 is 1.53 bits per heavy atom. The van der Waals surface area contributed by atoms with Gasteiger partial charge in [0.15, 0.2) is 0 Å². The molecule has 1 heterocycles. The van der Waals surface area contributed by atoms with Gasteiger partial charge in [0.1, 0.15) is 5.82 Å². The summed E-state index contributed by atoms with van der Waals surface area (Å²) in [5.74, 6) is -0.265. The highest BCUT2D eigenvalue weighted by molar-refractivity contribution is 7.71. The van der Waals surface area contributed by atoms with Crippen molar-refractivity contribution in [2.45, 2.75) is 13.0 Å². The maximum atomic E-state index is 13.0. The average molecular weight is 224 g/mol. The molecule has 1 aromatic heterocycles. The minimum atomic E-state index is -0.265. The molecule has 0 fully saturated rings. The van der Waals surface area contributed by atoms with Crippen LogP contribution >= 0.6 is 12.2 Å². The quantitative estimate of drug-likeness (QED) is 0.794. The predicted octanol–water partition coefficient (Wildman–Crippen LogP) is 2.08. The minimum Gasteiger partial charge on any atom is -0.235 e.